The van der Waals surface area contributed by atoms with Crippen molar-refractivity contribution in [2.45, 2.75) is 33.7 Å². The maximum Gasteiger partial charge on any atom is 0.145 e. The van der Waals surface area contributed by atoms with Crippen LogP contribution >= 0.6 is 0 Å². The van der Waals surface area contributed by atoms with Crippen LogP contribution in [0.15, 0.2) is 24.7 Å². The van der Waals surface area contributed by atoms with E-state index >= 15 is 0 Å². The van der Waals surface area contributed by atoms with E-state index < -0.39 is 0 Å². The van der Waals surface area contributed by atoms with E-state index in [0.717, 1.165) is 47.7 Å². The SMILES string of the molecule is Cc1ccnc(Nc2ncnc3c2c(C)c(C)n3CCCN(C)C)c1. The molecule has 0 aliphatic heterocycles. The van der Waals surface area contributed by atoms with Crippen LogP contribution in [-0.2, 0) is 6.54 Å². The molecule has 132 valence electrons. The van der Waals surface area contributed by atoms with Crippen molar-refractivity contribution in [3.63, 3.8) is 0 Å². The molecule has 0 fully saturated rings. The molecule has 3 aromatic rings. The van der Waals surface area contributed by atoms with Crippen molar-refractivity contribution in [2.24, 2.45) is 0 Å². The molecule has 3 aromatic heterocycles. The second-order valence-corrected chi connectivity index (χ2v) is 6.78. The Morgan fingerprint density at radius 3 is 2.64 bits per heavy atom. The van der Waals surface area contributed by atoms with Gasteiger partial charge in [-0.1, -0.05) is 0 Å². The maximum atomic E-state index is 4.56. The lowest BCUT2D eigenvalue weighted by atomic mass is 10.2. The summed E-state index contributed by atoms with van der Waals surface area (Å²) in [5.74, 6) is 1.62. The Bertz CT molecular complexity index is 881. The number of hydrogen-bond donors (Lipinski definition) is 1. The summed E-state index contributed by atoms with van der Waals surface area (Å²) in [6.07, 6.45) is 4.52. The molecule has 3 rings (SSSR count). The van der Waals surface area contributed by atoms with Gasteiger partial charge in [-0.15, -0.1) is 0 Å². The minimum absolute atomic E-state index is 0.803. The quantitative estimate of drug-likeness (QED) is 0.746. The van der Waals surface area contributed by atoms with Crippen LogP contribution in [0.25, 0.3) is 11.0 Å². The van der Waals surface area contributed by atoms with Gasteiger partial charge in [0.1, 0.15) is 23.6 Å². The monoisotopic (exact) mass is 338 g/mol. The van der Waals surface area contributed by atoms with Crippen molar-refractivity contribution in [3.05, 3.63) is 41.5 Å². The number of anilines is 2. The fraction of sp³-hybridized carbons (Fsp3) is 0.421. The zero-order chi connectivity index (χ0) is 18.0. The maximum absolute atomic E-state index is 4.56. The summed E-state index contributed by atoms with van der Waals surface area (Å²) in [5.41, 5.74) is 4.61. The number of aromatic nitrogens is 4. The zero-order valence-electron chi connectivity index (χ0n) is 15.7. The van der Waals surface area contributed by atoms with E-state index in [1.54, 1.807) is 12.5 Å². The molecule has 0 atom stereocenters. The molecule has 0 spiro atoms. The van der Waals surface area contributed by atoms with Gasteiger partial charge in [0.15, 0.2) is 0 Å². The number of rotatable bonds is 6. The molecule has 1 N–H and O–H groups in total. The van der Waals surface area contributed by atoms with Gasteiger partial charge in [0.05, 0.1) is 5.39 Å². The Morgan fingerprint density at radius 1 is 1.12 bits per heavy atom. The molecule has 0 aliphatic rings. The van der Waals surface area contributed by atoms with E-state index in [1.807, 2.05) is 12.1 Å². The largest absolute Gasteiger partial charge is 0.329 e. The van der Waals surface area contributed by atoms with Gasteiger partial charge in [-0.2, -0.15) is 0 Å². The van der Waals surface area contributed by atoms with Crippen LogP contribution in [0.1, 0.15) is 23.2 Å². The number of fused-ring (bicyclic) bond motifs is 1. The van der Waals surface area contributed by atoms with Gasteiger partial charge >= 0.3 is 0 Å². The highest BCUT2D eigenvalue weighted by Crippen LogP contribution is 2.30. The average molecular weight is 338 g/mol. The highest BCUT2D eigenvalue weighted by molar-refractivity contribution is 5.93. The molecule has 25 heavy (non-hydrogen) atoms. The smallest absolute Gasteiger partial charge is 0.145 e. The molecule has 0 radical (unpaired) electrons. The second kappa shape index (κ2) is 7.19. The van der Waals surface area contributed by atoms with Gasteiger partial charge in [0, 0.05) is 18.4 Å². The van der Waals surface area contributed by atoms with Gasteiger partial charge < -0.3 is 14.8 Å². The van der Waals surface area contributed by atoms with Crippen LogP contribution < -0.4 is 5.32 Å². The fourth-order valence-corrected chi connectivity index (χ4v) is 3.11. The standard InChI is InChI=1S/C19H26N6/c1-13-7-8-20-16(11-13)23-18-17-14(2)15(3)25(10-6-9-24(4)5)19(17)22-12-21-18/h7-8,11-12H,6,9-10H2,1-5H3,(H,20,21,22,23). The van der Waals surface area contributed by atoms with Gasteiger partial charge in [-0.25, -0.2) is 15.0 Å². The summed E-state index contributed by atoms with van der Waals surface area (Å²) >= 11 is 0. The van der Waals surface area contributed by atoms with E-state index in [2.05, 4.69) is 64.6 Å². The van der Waals surface area contributed by atoms with Crippen molar-refractivity contribution in [1.29, 1.82) is 0 Å². The van der Waals surface area contributed by atoms with E-state index in [-0.39, 0.29) is 0 Å². The Morgan fingerprint density at radius 2 is 1.92 bits per heavy atom. The van der Waals surface area contributed by atoms with Crippen LogP contribution in [-0.4, -0.2) is 45.1 Å². The van der Waals surface area contributed by atoms with Crippen LogP contribution in [0.2, 0.25) is 0 Å². The molecule has 0 bridgehead atoms. The molecule has 3 heterocycles. The predicted molar refractivity (Wildman–Crippen MR) is 102 cm³/mol. The Kier molecular flexibility index (Phi) is 4.99. The molecule has 6 nitrogen and oxygen atoms in total. The second-order valence-electron chi connectivity index (χ2n) is 6.78. The minimum atomic E-state index is 0.803. The highest BCUT2D eigenvalue weighted by Gasteiger charge is 2.16. The molecule has 0 unspecified atom stereocenters. The first-order valence-electron chi connectivity index (χ1n) is 8.62. The van der Waals surface area contributed by atoms with Crippen molar-refractivity contribution in [3.8, 4) is 0 Å². The summed E-state index contributed by atoms with van der Waals surface area (Å²) in [5, 5.41) is 4.44. The van der Waals surface area contributed by atoms with Crippen LogP contribution in [0, 0.1) is 20.8 Å². The molecule has 0 saturated heterocycles. The molecular weight excluding hydrogens is 312 g/mol. The minimum Gasteiger partial charge on any atom is -0.329 e. The van der Waals surface area contributed by atoms with E-state index in [0.29, 0.717) is 0 Å². The summed E-state index contributed by atoms with van der Waals surface area (Å²) in [7, 11) is 4.20. The first kappa shape index (κ1) is 17.4. The van der Waals surface area contributed by atoms with Gasteiger partial charge in [-0.3, -0.25) is 0 Å². The van der Waals surface area contributed by atoms with Crippen LogP contribution in [0.4, 0.5) is 11.6 Å². The van der Waals surface area contributed by atoms with E-state index in [4.69, 9.17) is 0 Å². The molecular formula is C19H26N6. The number of hydrogen-bond acceptors (Lipinski definition) is 5. The summed E-state index contributed by atoms with van der Waals surface area (Å²) in [4.78, 5) is 15.6. The Hall–Kier alpha value is -2.47. The van der Waals surface area contributed by atoms with Gasteiger partial charge in [0.25, 0.3) is 0 Å². The van der Waals surface area contributed by atoms with Crippen molar-refractivity contribution < 1.29 is 0 Å². The van der Waals surface area contributed by atoms with E-state index in [1.165, 1.54) is 11.3 Å². The third-order valence-corrected chi connectivity index (χ3v) is 4.55. The van der Waals surface area contributed by atoms with Crippen molar-refractivity contribution in [1.82, 2.24) is 24.4 Å². The Labute approximate surface area is 148 Å². The summed E-state index contributed by atoms with van der Waals surface area (Å²) in [6.45, 7) is 8.35. The third kappa shape index (κ3) is 3.64. The van der Waals surface area contributed by atoms with Gasteiger partial charge in [-0.05, 0) is 71.1 Å². The molecule has 0 aromatic carbocycles. The number of aryl methyl sites for hydroxylation is 3. The first-order valence-corrected chi connectivity index (χ1v) is 8.62. The van der Waals surface area contributed by atoms with E-state index in [9.17, 15) is 0 Å². The summed E-state index contributed by atoms with van der Waals surface area (Å²) < 4.78 is 2.30. The lowest BCUT2D eigenvalue weighted by molar-refractivity contribution is 0.387. The van der Waals surface area contributed by atoms with Crippen LogP contribution in [0.5, 0.6) is 0 Å². The topological polar surface area (TPSA) is 58.9 Å². The van der Waals surface area contributed by atoms with Crippen molar-refractivity contribution in [2.75, 3.05) is 26.0 Å². The normalized spacial score (nSPS) is 11.4. The van der Waals surface area contributed by atoms with Crippen LogP contribution in [0.3, 0.4) is 0 Å². The van der Waals surface area contributed by atoms with Crippen molar-refractivity contribution >= 4 is 22.7 Å². The van der Waals surface area contributed by atoms with Gasteiger partial charge in [0.2, 0.25) is 0 Å². The highest BCUT2D eigenvalue weighted by atomic mass is 15.1. The lowest BCUT2D eigenvalue weighted by Crippen LogP contribution is -2.15. The number of nitrogens with one attached hydrogen (secondary N) is 1. The summed E-state index contributed by atoms with van der Waals surface area (Å²) in [6, 6.07) is 4.00. The molecule has 6 heteroatoms. The molecule has 0 aliphatic carbocycles. The number of pyridine rings is 1. The molecule has 0 amide bonds. The molecule has 0 saturated carbocycles. The first-order chi connectivity index (χ1) is 12.0. The fourth-order valence-electron chi connectivity index (χ4n) is 3.11. The Balaban J connectivity index is 1.98. The predicted octanol–water partition coefficient (Wildman–Crippen LogP) is 3.45. The third-order valence-electron chi connectivity index (χ3n) is 4.55. The lowest BCUT2D eigenvalue weighted by Gasteiger charge is -2.12. The average Bonchev–Trinajstić information content (AvgIpc) is 2.80. The zero-order valence-corrected chi connectivity index (χ0v) is 15.7. The number of nitrogens with zero attached hydrogens (tertiary/aromatic N) is 5.